The minimum absolute atomic E-state index is 0.132. The molecule has 0 amide bonds. The Morgan fingerprint density at radius 3 is 2.86 bits per heavy atom. The van der Waals surface area contributed by atoms with Gasteiger partial charge in [0, 0.05) is 5.92 Å². The third-order valence-corrected chi connectivity index (χ3v) is 3.71. The van der Waals surface area contributed by atoms with E-state index in [-0.39, 0.29) is 11.7 Å². The number of hydrogen-bond acceptors (Lipinski definition) is 3. The second kappa shape index (κ2) is 4.24. The summed E-state index contributed by atoms with van der Waals surface area (Å²) in [6, 6.07) is 3.72. The van der Waals surface area contributed by atoms with Crippen molar-refractivity contribution in [2.45, 2.75) is 31.8 Å². The zero-order valence-electron chi connectivity index (χ0n) is 7.98. The number of ketones is 1. The summed E-state index contributed by atoms with van der Waals surface area (Å²) in [4.78, 5) is 12.7. The lowest BCUT2D eigenvalue weighted by Crippen LogP contribution is -2.30. The number of hydrogen-bond donors (Lipinski definition) is 1. The molecule has 1 aromatic rings. The first-order chi connectivity index (χ1) is 6.79. The molecule has 0 aliphatic heterocycles. The van der Waals surface area contributed by atoms with Gasteiger partial charge in [0.25, 0.3) is 0 Å². The minimum Gasteiger partial charge on any atom is -0.392 e. The van der Waals surface area contributed by atoms with E-state index in [1.54, 1.807) is 0 Å². The lowest BCUT2D eigenvalue weighted by atomic mass is 9.83. The van der Waals surface area contributed by atoms with Crippen LogP contribution in [0, 0.1) is 5.92 Å². The van der Waals surface area contributed by atoms with E-state index in [0.29, 0.717) is 0 Å². The summed E-state index contributed by atoms with van der Waals surface area (Å²) in [5.74, 6) is -0.0189. The Labute approximate surface area is 87.6 Å². The highest BCUT2D eigenvalue weighted by molar-refractivity contribution is 7.12. The minimum atomic E-state index is -0.418. The monoisotopic (exact) mass is 210 g/mol. The third-order valence-electron chi connectivity index (χ3n) is 2.83. The van der Waals surface area contributed by atoms with E-state index in [1.165, 1.54) is 11.3 Å². The van der Waals surface area contributed by atoms with Gasteiger partial charge in [-0.3, -0.25) is 4.79 Å². The van der Waals surface area contributed by atoms with Crippen LogP contribution in [0.15, 0.2) is 17.5 Å². The Kier molecular flexibility index (Phi) is 2.99. The van der Waals surface area contributed by atoms with Gasteiger partial charge in [-0.05, 0) is 24.3 Å². The van der Waals surface area contributed by atoms with Crippen molar-refractivity contribution >= 4 is 17.1 Å². The molecule has 3 heteroatoms. The molecule has 1 aromatic heterocycles. The molecule has 2 atom stereocenters. The molecule has 0 unspecified atom stereocenters. The van der Waals surface area contributed by atoms with Crippen molar-refractivity contribution in [3.05, 3.63) is 22.4 Å². The lowest BCUT2D eigenvalue weighted by Gasteiger charge is -2.25. The van der Waals surface area contributed by atoms with Crippen molar-refractivity contribution < 1.29 is 9.90 Å². The summed E-state index contributed by atoms with van der Waals surface area (Å²) < 4.78 is 0. The molecule has 0 bridgehead atoms. The summed E-state index contributed by atoms with van der Waals surface area (Å²) in [6.07, 6.45) is 3.33. The largest absolute Gasteiger partial charge is 0.392 e. The van der Waals surface area contributed by atoms with E-state index in [2.05, 4.69) is 0 Å². The van der Waals surface area contributed by atoms with Crippen LogP contribution in [0.1, 0.15) is 35.4 Å². The van der Waals surface area contributed by atoms with Gasteiger partial charge in [-0.1, -0.05) is 18.9 Å². The number of rotatable bonds is 2. The Bertz CT molecular complexity index is 305. The zero-order valence-corrected chi connectivity index (χ0v) is 8.80. The highest BCUT2D eigenvalue weighted by Crippen LogP contribution is 2.28. The van der Waals surface area contributed by atoms with E-state index in [9.17, 15) is 9.90 Å². The molecule has 76 valence electrons. The summed E-state index contributed by atoms with van der Waals surface area (Å²) in [5.41, 5.74) is 0. The predicted octanol–water partition coefficient (Wildman–Crippen LogP) is 2.48. The van der Waals surface area contributed by atoms with E-state index in [0.717, 1.165) is 30.6 Å². The standard InChI is InChI=1S/C11H14O2S/c12-9-5-2-1-4-8(9)11(13)10-6-3-7-14-10/h3,6-9,12H,1-2,4-5H2/t8-,9+/m1/s1. The van der Waals surface area contributed by atoms with Gasteiger partial charge < -0.3 is 5.11 Å². The maximum atomic E-state index is 11.9. The van der Waals surface area contributed by atoms with Crippen LogP contribution in [0.4, 0.5) is 0 Å². The van der Waals surface area contributed by atoms with Crippen molar-refractivity contribution in [2.75, 3.05) is 0 Å². The molecule has 0 aromatic carbocycles. The van der Waals surface area contributed by atoms with Crippen molar-refractivity contribution in [3.8, 4) is 0 Å². The molecule has 0 radical (unpaired) electrons. The van der Waals surface area contributed by atoms with Crippen molar-refractivity contribution in [2.24, 2.45) is 5.92 Å². The summed E-state index contributed by atoms with van der Waals surface area (Å²) in [5, 5.41) is 11.6. The van der Waals surface area contributed by atoms with E-state index < -0.39 is 6.10 Å². The molecular formula is C11H14O2S. The molecule has 1 aliphatic rings. The molecule has 0 saturated heterocycles. The molecule has 1 aliphatic carbocycles. The van der Waals surface area contributed by atoms with Gasteiger partial charge in [0.15, 0.2) is 5.78 Å². The average molecular weight is 210 g/mol. The molecule has 2 nitrogen and oxygen atoms in total. The van der Waals surface area contributed by atoms with Crippen LogP contribution in [0.3, 0.4) is 0 Å². The Morgan fingerprint density at radius 2 is 2.21 bits per heavy atom. The van der Waals surface area contributed by atoms with Crippen molar-refractivity contribution in [1.29, 1.82) is 0 Å². The number of aliphatic hydroxyl groups is 1. The molecular weight excluding hydrogens is 196 g/mol. The normalized spacial score (nSPS) is 27.5. The molecule has 1 fully saturated rings. The number of thiophene rings is 1. The van der Waals surface area contributed by atoms with Gasteiger partial charge in [0.1, 0.15) is 0 Å². The quantitative estimate of drug-likeness (QED) is 0.761. The molecule has 1 N–H and O–H groups in total. The molecule has 14 heavy (non-hydrogen) atoms. The van der Waals surface area contributed by atoms with E-state index in [1.807, 2.05) is 17.5 Å². The van der Waals surface area contributed by atoms with Gasteiger partial charge in [-0.15, -0.1) is 11.3 Å². The average Bonchev–Trinajstić information content (AvgIpc) is 2.70. The van der Waals surface area contributed by atoms with Crippen LogP contribution in [-0.2, 0) is 0 Å². The summed E-state index contributed by atoms with van der Waals surface area (Å²) in [7, 11) is 0. The van der Waals surface area contributed by atoms with Crippen molar-refractivity contribution in [3.63, 3.8) is 0 Å². The van der Waals surface area contributed by atoms with Crippen LogP contribution in [0.25, 0.3) is 0 Å². The van der Waals surface area contributed by atoms with E-state index >= 15 is 0 Å². The van der Waals surface area contributed by atoms with Crippen molar-refractivity contribution in [1.82, 2.24) is 0 Å². The van der Waals surface area contributed by atoms with Crippen LogP contribution in [0.5, 0.6) is 0 Å². The topological polar surface area (TPSA) is 37.3 Å². The second-order valence-electron chi connectivity index (χ2n) is 3.80. The van der Waals surface area contributed by atoms with Crippen LogP contribution >= 0.6 is 11.3 Å². The van der Waals surface area contributed by atoms with E-state index in [4.69, 9.17) is 0 Å². The molecule has 0 spiro atoms. The number of carbonyl (C=O) groups excluding carboxylic acids is 1. The predicted molar refractivity (Wildman–Crippen MR) is 56.6 cm³/mol. The molecule has 1 saturated carbocycles. The fraction of sp³-hybridized carbons (Fsp3) is 0.545. The molecule has 1 heterocycles. The van der Waals surface area contributed by atoms with Gasteiger partial charge in [0.2, 0.25) is 0 Å². The maximum absolute atomic E-state index is 11.9. The number of aliphatic hydroxyl groups excluding tert-OH is 1. The molecule has 2 rings (SSSR count). The summed E-state index contributed by atoms with van der Waals surface area (Å²) >= 11 is 1.47. The van der Waals surface area contributed by atoms with Crippen LogP contribution in [-0.4, -0.2) is 17.0 Å². The third kappa shape index (κ3) is 1.88. The van der Waals surface area contributed by atoms with Gasteiger partial charge in [-0.2, -0.15) is 0 Å². The number of carbonyl (C=O) groups is 1. The van der Waals surface area contributed by atoms with Crippen LogP contribution < -0.4 is 0 Å². The first kappa shape index (κ1) is 9.87. The number of Topliss-reactive ketones (excluding diaryl/α,β-unsaturated/α-hetero) is 1. The fourth-order valence-corrected chi connectivity index (χ4v) is 2.75. The Balaban J connectivity index is 2.10. The van der Waals surface area contributed by atoms with Gasteiger partial charge in [0.05, 0.1) is 11.0 Å². The fourth-order valence-electron chi connectivity index (χ4n) is 2.02. The van der Waals surface area contributed by atoms with Gasteiger partial charge in [-0.25, -0.2) is 0 Å². The second-order valence-corrected chi connectivity index (χ2v) is 4.75. The summed E-state index contributed by atoms with van der Waals surface area (Å²) in [6.45, 7) is 0. The van der Waals surface area contributed by atoms with Gasteiger partial charge >= 0.3 is 0 Å². The SMILES string of the molecule is O=C(c1cccs1)[C@@H]1CCCC[C@@H]1O. The van der Waals surface area contributed by atoms with Crippen LogP contribution in [0.2, 0.25) is 0 Å². The first-order valence-electron chi connectivity index (χ1n) is 5.05. The Hall–Kier alpha value is -0.670. The maximum Gasteiger partial charge on any atom is 0.178 e. The lowest BCUT2D eigenvalue weighted by molar-refractivity contribution is 0.0529. The zero-order chi connectivity index (χ0) is 9.97. The first-order valence-corrected chi connectivity index (χ1v) is 5.93. The highest BCUT2D eigenvalue weighted by atomic mass is 32.1. The highest BCUT2D eigenvalue weighted by Gasteiger charge is 2.30. The Morgan fingerprint density at radius 1 is 1.43 bits per heavy atom. The smallest absolute Gasteiger partial charge is 0.178 e.